The highest BCUT2D eigenvalue weighted by Gasteiger charge is 2.48. The van der Waals surface area contributed by atoms with Crippen LogP contribution in [0.25, 0.3) is 0 Å². The Kier molecular flexibility index (Phi) is 7.11. The molecule has 0 heterocycles. The summed E-state index contributed by atoms with van der Waals surface area (Å²) in [4.78, 5) is 12.2. The van der Waals surface area contributed by atoms with Crippen LogP contribution in [0.5, 0.6) is 0 Å². The van der Waals surface area contributed by atoms with Crippen molar-refractivity contribution in [1.29, 1.82) is 0 Å². The zero-order valence-electron chi connectivity index (χ0n) is 13.3. The van der Waals surface area contributed by atoms with E-state index in [0.717, 1.165) is 19.3 Å². The monoisotopic (exact) mass is 353 g/mol. The van der Waals surface area contributed by atoms with Crippen molar-refractivity contribution in [1.82, 2.24) is 9.62 Å². The minimum Gasteiger partial charge on any atom is -0.356 e. The first-order valence-corrected chi connectivity index (χ1v) is 9.45. The van der Waals surface area contributed by atoms with Crippen LogP contribution in [-0.2, 0) is 14.8 Å². The number of nitrogens with two attached hydrogens (primary N) is 1. The van der Waals surface area contributed by atoms with Gasteiger partial charge in [0.25, 0.3) is 0 Å². The van der Waals surface area contributed by atoms with Crippen LogP contribution in [0.4, 0.5) is 0 Å². The van der Waals surface area contributed by atoms with Gasteiger partial charge in [-0.1, -0.05) is 0 Å². The van der Waals surface area contributed by atoms with E-state index in [1.54, 1.807) is 14.0 Å². The third-order valence-corrected chi connectivity index (χ3v) is 6.93. The molecule has 2 fully saturated rings. The smallest absolute Gasteiger partial charge is 0.224 e. The van der Waals surface area contributed by atoms with Gasteiger partial charge in [-0.05, 0) is 44.4 Å². The van der Waals surface area contributed by atoms with Gasteiger partial charge in [-0.25, -0.2) is 12.7 Å². The molecule has 0 aliphatic heterocycles. The van der Waals surface area contributed by atoms with Crippen LogP contribution in [0.3, 0.4) is 0 Å². The van der Waals surface area contributed by atoms with Crippen LogP contribution in [0, 0.1) is 17.8 Å². The molecule has 4 atom stereocenters. The van der Waals surface area contributed by atoms with Crippen LogP contribution in [0.2, 0.25) is 0 Å². The van der Waals surface area contributed by atoms with E-state index in [-0.39, 0.29) is 36.0 Å². The van der Waals surface area contributed by atoms with Crippen LogP contribution in [0.1, 0.15) is 32.6 Å². The van der Waals surface area contributed by atoms with Gasteiger partial charge in [0.05, 0.1) is 11.7 Å². The van der Waals surface area contributed by atoms with E-state index >= 15 is 0 Å². The number of carbonyl (C=O) groups excluding carboxylic acids is 1. The average molecular weight is 354 g/mol. The van der Waals surface area contributed by atoms with E-state index in [9.17, 15) is 13.2 Å². The van der Waals surface area contributed by atoms with Crippen LogP contribution >= 0.6 is 12.4 Å². The molecule has 8 heteroatoms. The standard InChI is InChI=1S/C14H27N3O3S.ClH/c1-3-21(19,20)17(2)8-4-7-16-14(18)12-10-5-6-11(9-10)13(12)15;/h10-13H,3-9,15H2,1-2H3,(H,16,18);1H. The molecule has 2 rings (SSSR count). The van der Waals surface area contributed by atoms with Crippen LogP contribution in [-0.4, -0.2) is 50.6 Å². The summed E-state index contributed by atoms with van der Waals surface area (Å²) >= 11 is 0. The molecule has 0 aromatic heterocycles. The summed E-state index contributed by atoms with van der Waals surface area (Å²) in [7, 11) is -1.55. The summed E-state index contributed by atoms with van der Waals surface area (Å²) in [5.74, 6) is 1.09. The number of hydrogen-bond donors (Lipinski definition) is 2. The average Bonchev–Trinajstić information content (AvgIpc) is 3.03. The van der Waals surface area contributed by atoms with E-state index in [1.807, 2.05) is 0 Å². The van der Waals surface area contributed by atoms with Gasteiger partial charge in [0.15, 0.2) is 0 Å². The molecule has 22 heavy (non-hydrogen) atoms. The van der Waals surface area contributed by atoms with Crippen molar-refractivity contribution in [2.75, 3.05) is 25.9 Å². The second kappa shape index (κ2) is 7.95. The normalized spacial score (nSPS) is 30.4. The molecule has 2 aliphatic carbocycles. The number of sulfonamides is 1. The Morgan fingerprint density at radius 3 is 2.50 bits per heavy atom. The molecule has 0 saturated heterocycles. The van der Waals surface area contributed by atoms with Crippen molar-refractivity contribution in [2.24, 2.45) is 23.5 Å². The Hall–Kier alpha value is -0.370. The molecule has 0 aromatic rings. The van der Waals surface area contributed by atoms with E-state index in [1.165, 1.54) is 4.31 Å². The van der Waals surface area contributed by atoms with Crippen molar-refractivity contribution >= 4 is 28.3 Å². The second-order valence-corrected chi connectivity index (χ2v) is 8.67. The molecular formula is C14H28ClN3O3S. The maximum absolute atomic E-state index is 12.2. The van der Waals surface area contributed by atoms with Gasteiger partial charge in [-0.15, -0.1) is 12.4 Å². The van der Waals surface area contributed by atoms with Gasteiger partial charge in [0, 0.05) is 26.2 Å². The zero-order chi connectivity index (χ0) is 15.6. The number of fused-ring (bicyclic) bond motifs is 2. The maximum atomic E-state index is 12.2. The van der Waals surface area contributed by atoms with E-state index in [0.29, 0.717) is 31.3 Å². The SMILES string of the molecule is CCS(=O)(=O)N(C)CCCNC(=O)C1C2CCC(C2)C1N.Cl. The zero-order valence-corrected chi connectivity index (χ0v) is 15.0. The molecule has 1 amide bonds. The fourth-order valence-corrected chi connectivity index (χ4v) is 4.56. The number of nitrogens with zero attached hydrogens (tertiary/aromatic N) is 1. The van der Waals surface area contributed by atoms with E-state index < -0.39 is 10.0 Å². The number of hydrogen-bond acceptors (Lipinski definition) is 4. The summed E-state index contributed by atoms with van der Waals surface area (Å²) < 4.78 is 24.5. The third-order valence-electron chi connectivity index (χ3n) is 5.07. The van der Waals surface area contributed by atoms with Crippen molar-refractivity contribution in [3.8, 4) is 0 Å². The molecular weight excluding hydrogens is 326 g/mol. The van der Waals surface area contributed by atoms with Gasteiger partial charge in [0.2, 0.25) is 15.9 Å². The lowest BCUT2D eigenvalue weighted by atomic mass is 9.84. The maximum Gasteiger partial charge on any atom is 0.224 e. The molecule has 2 bridgehead atoms. The number of halogens is 1. The lowest BCUT2D eigenvalue weighted by Gasteiger charge is -2.27. The predicted molar refractivity (Wildman–Crippen MR) is 89.3 cm³/mol. The van der Waals surface area contributed by atoms with Crippen molar-refractivity contribution in [3.63, 3.8) is 0 Å². The minimum atomic E-state index is -3.13. The summed E-state index contributed by atoms with van der Waals surface area (Å²) in [6, 6.07) is 0.00638. The molecule has 0 spiro atoms. The number of carbonyl (C=O) groups is 1. The lowest BCUT2D eigenvalue weighted by molar-refractivity contribution is -0.127. The molecule has 2 aliphatic rings. The van der Waals surface area contributed by atoms with Crippen LogP contribution in [0.15, 0.2) is 0 Å². The van der Waals surface area contributed by atoms with Crippen molar-refractivity contribution < 1.29 is 13.2 Å². The highest BCUT2D eigenvalue weighted by Crippen LogP contribution is 2.47. The topological polar surface area (TPSA) is 92.5 Å². The highest BCUT2D eigenvalue weighted by molar-refractivity contribution is 7.89. The second-order valence-electron chi connectivity index (χ2n) is 6.30. The van der Waals surface area contributed by atoms with Crippen LogP contribution < -0.4 is 11.1 Å². The predicted octanol–water partition coefficient (Wildman–Crippen LogP) is 0.569. The Labute approximate surface area is 139 Å². The molecule has 0 radical (unpaired) electrons. The first kappa shape index (κ1) is 19.7. The van der Waals surface area contributed by atoms with Gasteiger partial charge in [-0.3, -0.25) is 4.79 Å². The molecule has 4 unspecified atom stereocenters. The summed E-state index contributed by atoms with van der Waals surface area (Å²) in [6.07, 6.45) is 4.00. The molecule has 130 valence electrons. The van der Waals surface area contributed by atoms with Gasteiger partial charge in [0.1, 0.15) is 0 Å². The first-order chi connectivity index (χ1) is 9.86. The summed E-state index contributed by atoms with van der Waals surface area (Å²) in [5.41, 5.74) is 6.14. The molecule has 2 saturated carbocycles. The Morgan fingerprint density at radius 1 is 1.32 bits per heavy atom. The quantitative estimate of drug-likeness (QED) is 0.654. The summed E-state index contributed by atoms with van der Waals surface area (Å²) in [6.45, 7) is 2.56. The largest absolute Gasteiger partial charge is 0.356 e. The minimum absolute atomic E-state index is 0. The van der Waals surface area contributed by atoms with Crippen molar-refractivity contribution in [2.45, 2.75) is 38.6 Å². The molecule has 3 N–H and O–H groups in total. The van der Waals surface area contributed by atoms with Gasteiger partial charge >= 0.3 is 0 Å². The molecule has 0 aromatic carbocycles. The van der Waals surface area contributed by atoms with Gasteiger partial charge in [-0.2, -0.15) is 0 Å². The fraction of sp³-hybridized carbons (Fsp3) is 0.929. The third kappa shape index (κ3) is 4.13. The summed E-state index contributed by atoms with van der Waals surface area (Å²) in [5, 5.41) is 2.92. The lowest BCUT2D eigenvalue weighted by Crippen LogP contribution is -2.45. The Balaban J connectivity index is 0.00000242. The Morgan fingerprint density at radius 2 is 1.95 bits per heavy atom. The van der Waals surface area contributed by atoms with E-state index in [4.69, 9.17) is 5.73 Å². The number of amides is 1. The molecule has 6 nitrogen and oxygen atoms in total. The van der Waals surface area contributed by atoms with Crippen molar-refractivity contribution in [3.05, 3.63) is 0 Å². The number of nitrogens with one attached hydrogen (secondary N) is 1. The fourth-order valence-electron chi connectivity index (χ4n) is 3.72. The van der Waals surface area contributed by atoms with Gasteiger partial charge < -0.3 is 11.1 Å². The number of rotatable bonds is 7. The Bertz CT molecular complexity index is 484. The first-order valence-electron chi connectivity index (χ1n) is 7.84. The van der Waals surface area contributed by atoms with E-state index in [2.05, 4.69) is 5.32 Å². The highest BCUT2D eigenvalue weighted by atomic mass is 35.5.